The number of nitrogens with zero attached hydrogens (tertiary/aromatic N) is 4. The largest absolute Gasteiger partial charge is 0.398 e. The van der Waals surface area contributed by atoms with Gasteiger partial charge in [0.15, 0.2) is 0 Å². The summed E-state index contributed by atoms with van der Waals surface area (Å²) in [4.78, 5) is 22.4. The van der Waals surface area contributed by atoms with Crippen LogP contribution in [0.3, 0.4) is 0 Å². The van der Waals surface area contributed by atoms with Gasteiger partial charge in [-0.2, -0.15) is 4.98 Å². The first-order valence-corrected chi connectivity index (χ1v) is 10.9. The molecule has 0 amide bonds. The average molecular weight is 441 g/mol. The van der Waals surface area contributed by atoms with Gasteiger partial charge < -0.3 is 20.1 Å². The molecule has 0 bridgehead atoms. The van der Waals surface area contributed by atoms with E-state index in [1.165, 1.54) is 0 Å². The Hall–Kier alpha value is -4.12. The standard InChI is InChI=1S/C25H24N6O2/c1-4-6-16-7-5-8-17-13-20(31(18-9-10-18)25(32)21(16)17)14(2)28-23-22(19(26)11-12-27-23)24-29-15(3)33-30-24/h5,7-8,11-14,18H,9-10H2,1-3H3,(H3,26,27,28)/t14-/m0/s1. The summed E-state index contributed by atoms with van der Waals surface area (Å²) in [6.45, 7) is 5.50. The van der Waals surface area contributed by atoms with Crippen molar-refractivity contribution in [2.45, 2.75) is 45.7 Å². The van der Waals surface area contributed by atoms with Crippen molar-refractivity contribution in [2.24, 2.45) is 0 Å². The lowest BCUT2D eigenvalue weighted by molar-refractivity contribution is 0.394. The maximum absolute atomic E-state index is 13.6. The summed E-state index contributed by atoms with van der Waals surface area (Å²) in [6.07, 6.45) is 3.60. The Kier molecular flexibility index (Phi) is 5.09. The van der Waals surface area contributed by atoms with E-state index in [1.54, 1.807) is 26.1 Å². The molecule has 4 aromatic rings. The summed E-state index contributed by atoms with van der Waals surface area (Å²) in [5.41, 5.74) is 8.93. The third kappa shape index (κ3) is 3.72. The van der Waals surface area contributed by atoms with E-state index in [9.17, 15) is 4.79 Å². The molecule has 1 fully saturated rings. The third-order valence-electron chi connectivity index (χ3n) is 5.81. The molecule has 0 radical (unpaired) electrons. The number of nitrogens with two attached hydrogens (primary N) is 1. The number of aryl methyl sites for hydroxylation is 1. The van der Waals surface area contributed by atoms with Crippen LogP contribution in [0, 0.1) is 18.8 Å². The van der Waals surface area contributed by atoms with Gasteiger partial charge in [-0.05, 0) is 50.3 Å². The number of benzene rings is 1. The molecular formula is C25H24N6O2. The Morgan fingerprint density at radius 3 is 2.82 bits per heavy atom. The molecule has 0 saturated heterocycles. The van der Waals surface area contributed by atoms with Gasteiger partial charge in [0, 0.05) is 36.1 Å². The molecule has 0 aliphatic heterocycles. The number of anilines is 2. The topological polar surface area (TPSA) is 112 Å². The highest BCUT2D eigenvalue weighted by Gasteiger charge is 2.30. The van der Waals surface area contributed by atoms with Gasteiger partial charge in [-0.1, -0.05) is 23.2 Å². The summed E-state index contributed by atoms with van der Waals surface area (Å²) >= 11 is 0. The second-order valence-corrected chi connectivity index (χ2v) is 8.25. The molecular weight excluding hydrogens is 416 g/mol. The van der Waals surface area contributed by atoms with Crippen molar-refractivity contribution >= 4 is 22.3 Å². The van der Waals surface area contributed by atoms with Crippen molar-refractivity contribution in [3.05, 3.63) is 64.0 Å². The maximum Gasteiger partial charge on any atom is 0.260 e. The molecule has 33 heavy (non-hydrogen) atoms. The molecule has 1 saturated carbocycles. The summed E-state index contributed by atoms with van der Waals surface area (Å²) in [5, 5.41) is 8.98. The normalized spacial score (nSPS) is 14.0. The quantitative estimate of drug-likeness (QED) is 0.447. The number of fused-ring (bicyclic) bond motifs is 1. The van der Waals surface area contributed by atoms with E-state index in [0.717, 1.165) is 29.5 Å². The van der Waals surface area contributed by atoms with Crippen LogP contribution in [0.15, 0.2) is 45.8 Å². The zero-order chi connectivity index (χ0) is 23.1. The lowest BCUT2D eigenvalue weighted by Crippen LogP contribution is -2.27. The minimum atomic E-state index is -0.232. The molecule has 1 aliphatic carbocycles. The van der Waals surface area contributed by atoms with Gasteiger partial charge in [0.2, 0.25) is 11.7 Å². The van der Waals surface area contributed by atoms with Crippen molar-refractivity contribution in [1.29, 1.82) is 0 Å². The molecule has 0 spiro atoms. The van der Waals surface area contributed by atoms with E-state index in [-0.39, 0.29) is 17.6 Å². The summed E-state index contributed by atoms with van der Waals surface area (Å²) in [7, 11) is 0. The second-order valence-electron chi connectivity index (χ2n) is 8.25. The van der Waals surface area contributed by atoms with Gasteiger partial charge in [0.05, 0.1) is 17.0 Å². The van der Waals surface area contributed by atoms with Crippen molar-refractivity contribution in [3.8, 4) is 23.2 Å². The van der Waals surface area contributed by atoms with Gasteiger partial charge in [0.25, 0.3) is 5.56 Å². The molecule has 8 heteroatoms. The Labute approximate surface area is 190 Å². The highest BCUT2D eigenvalue weighted by molar-refractivity contribution is 5.88. The highest BCUT2D eigenvalue weighted by atomic mass is 16.5. The van der Waals surface area contributed by atoms with Crippen LogP contribution in [0.5, 0.6) is 0 Å². The Bertz CT molecular complexity index is 1490. The van der Waals surface area contributed by atoms with E-state index in [1.807, 2.05) is 29.7 Å². The molecule has 1 aromatic carbocycles. The Morgan fingerprint density at radius 1 is 1.30 bits per heavy atom. The van der Waals surface area contributed by atoms with Crippen LogP contribution >= 0.6 is 0 Å². The number of nitrogen functional groups attached to an aromatic ring is 1. The minimum Gasteiger partial charge on any atom is -0.398 e. The fourth-order valence-electron chi connectivity index (χ4n) is 4.18. The van der Waals surface area contributed by atoms with Gasteiger partial charge >= 0.3 is 0 Å². The molecule has 0 unspecified atom stereocenters. The van der Waals surface area contributed by atoms with Crippen LogP contribution in [0.4, 0.5) is 11.5 Å². The fourth-order valence-corrected chi connectivity index (χ4v) is 4.18. The SMILES string of the molecule is CC#Cc1cccc2cc([C@H](C)Nc3nccc(N)c3-c3noc(C)n3)n(C3CC3)c(=O)c12. The molecule has 8 nitrogen and oxygen atoms in total. The first-order chi connectivity index (χ1) is 16.0. The van der Waals surface area contributed by atoms with Crippen molar-refractivity contribution in [3.63, 3.8) is 0 Å². The maximum atomic E-state index is 13.6. The van der Waals surface area contributed by atoms with E-state index in [2.05, 4.69) is 38.3 Å². The number of aromatic nitrogens is 4. The molecule has 3 N–H and O–H groups in total. The van der Waals surface area contributed by atoms with E-state index < -0.39 is 0 Å². The molecule has 3 heterocycles. The summed E-state index contributed by atoms with van der Waals surface area (Å²) in [5.74, 6) is 7.33. The smallest absolute Gasteiger partial charge is 0.260 e. The first-order valence-electron chi connectivity index (χ1n) is 10.9. The van der Waals surface area contributed by atoms with Crippen LogP contribution in [0.2, 0.25) is 0 Å². The summed E-state index contributed by atoms with van der Waals surface area (Å²) in [6, 6.07) is 9.51. The molecule has 1 atom stereocenters. The number of hydrogen-bond acceptors (Lipinski definition) is 7. The van der Waals surface area contributed by atoms with Crippen LogP contribution in [0.25, 0.3) is 22.2 Å². The van der Waals surface area contributed by atoms with Gasteiger partial charge in [-0.3, -0.25) is 4.79 Å². The van der Waals surface area contributed by atoms with Crippen molar-refractivity contribution in [1.82, 2.24) is 19.7 Å². The predicted octanol–water partition coefficient (Wildman–Crippen LogP) is 4.22. The molecule has 3 aromatic heterocycles. The number of rotatable bonds is 5. The fraction of sp³-hybridized carbons (Fsp3) is 0.280. The van der Waals surface area contributed by atoms with E-state index in [4.69, 9.17) is 10.3 Å². The van der Waals surface area contributed by atoms with Crippen LogP contribution in [0.1, 0.15) is 55.9 Å². The van der Waals surface area contributed by atoms with Gasteiger partial charge in [-0.15, -0.1) is 5.92 Å². The van der Waals surface area contributed by atoms with Gasteiger partial charge in [-0.25, -0.2) is 4.98 Å². The average Bonchev–Trinajstić information content (AvgIpc) is 3.54. The number of hydrogen-bond donors (Lipinski definition) is 2. The lowest BCUT2D eigenvalue weighted by Gasteiger charge is -2.22. The molecule has 1 aliphatic rings. The highest BCUT2D eigenvalue weighted by Crippen LogP contribution is 2.38. The third-order valence-corrected chi connectivity index (χ3v) is 5.81. The number of pyridine rings is 2. The monoisotopic (exact) mass is 440 g/mol. The van der Waals surface area contributed by atoms with E-state index in [0.29, 0.717) is 34.2 Å². The van der Waals surface area contributed by atoms with Crippen LogP contribution < -0.4 is 16.6 Å². The molecule has 166 valence electrons. The van der Waals surface area contributed by atoms with Crippen molar-refractivity contribution < 1.29 is 4.52 Å². The van der Waals surface area contributed by atoms with Gasteiger partial charge in [0.1, 0.15) is 5.82 Å². The zero-order valence-corrected chi connectivity index (χ0v) is 18.7. The number of nitrogens with one attached hydrogen (secondary N) is 1. The predicted molar refractivity (Wildman–Crippen MR) is 128 cm³/mol. The first kappa shape index (κ1) is 20.8. The lowest BCUT2D eigenvalue weighted by atomic mass is 10.0. The Morgan fingerprint density at radius 2 is 2.12 bits per heavy atom. The zero-order valence-electron chi connectivity index (χ0n) is 18.7. The second kappa shape index (κ2) is 8.10. The minimum absolute atomic E-state index is 0.00782. The molecule has 5 rings (SSSR count). The van der Waals surface area contributed by atoms with Crippen LogP contribution in [-0.2, 0) is 0 Å². The van der Waals surface area contributed by atoms with E-state index >= 15 is 0 Å². The van der Waals surface area contributed by atoms with Crippen molar-refractivity contribution in [2.75, 3.05) is 11.1 Å². The van der Waals surface area contributed by atoms with Crippen LogP contribution in [-0.4, -0.2) is 19.7 Å². The Balaban J connectivity index is 1.63. The summed E-state index contributed by atoms with van der Waals surface area (Å²) < 4.78 is 7.05.